The highest BCUT2D eigenvalue weighted by Gasteiger charge is 2.19. The molecule has 6 heteroatoms. The largest absolute Gasteiger partial charge is 0.462 e. The van der Waals surface area contributed by atoms with Crippen LogP contribution in [0.2, 0.25) is 0 Å². The molecule has 0 rings (SSSR count). The summed E-state index contributed by atoms with van der Waals surface area (Å²) in [4.78, 5) is 38.3. The molecule has 0 saturated carbocycles. The van der Waals surface area contributed by atoms with Gasteiger partial charge in [-0.15, -0.1) is 0 Å². The van der Waals surface area contributed by atoms with E-state index in [0.29, 0.717) is 19.3 Å². The molecule has 0 bridgehead atoms. The van der Waals surface area contributed by atoms with Gasteiger partial charge < -0.3 is 14.2 Å². The van der Waals surface area contributed by atoms with Crippen molar-refractivity contribution in [2.45, 2.75) is 303 Å². The van der Waals surface area contributed by atoms with Crippen molar-refractivity contribution in [3.63, 3.8) is 0 Å². The molecule has 0 aromatic rings. The van der Waals surface area contributed by atoms with Crippen molar-refractivity contribution >= 4 is 17.9 Å². The Bertz CT molecular complexity index is 1700. The van der Waals surface area contributed by atoms with Gasteiger partial charge in [-0.2, -0.15) is 0 Å². The molecule has 0 aromatic carbocycles. The zero-order chi connectivity index (χ0) is 57.8. The van der Waals surface area contributed by atoms with Gasteiger partial charge in [0, 0.05) is 19.3 Å². The Morgan fingerprint density at radius 2 is 0.487 bits per heavy atom. The molecule has 0 aromatic heterocycles. The molecule has 0 amide bonds. The van der Waals surface area contributed by atoms with Gasteiger partial charge >= 0.3 is 17.9 Å². The molecule has 0 N–H and O–H groups in total. The standard InChI is InChI=1S/C74H122O6/c1-4-7-10-13-16-19-22-25-27-29-31-32-33-34-35-36-37-38-39-40-41-42-44-45-47-49-52-55-58-61-64-67-73(76)79-70-71(69-78-72(75)66-63-60-57-54-51-24-21-18-15-12-9-6-3)80-74(77)68-65-62-59-56-53-50-48-46-43-30-28-26-23-20-17-14-11-8-5-2/h7,10,16-21,25-28,31-32,34-35,37-38,40-41,43,46,71H,4-6,8-9,11-15,22-24,29-30,33,36,39,42,44-45,47-70H2,1-3H3/b10-7-,19-16-,20-17-,21-18-,27-25-,28-26-,32-31-,35-34-,38-37-,41-40-,46-43-. The van der Waals surface area contributed by atoms with E-state index >= 15 is 0 Å². The second-order valence-corrected chi connectivity index (χ2v) is 21.6. The van der Waals surface area contributed by atoms with E-state index in [0.717, 1.165) is 141 Å². The maximum atomic E-state index is 12.9. The molecule has 1 unspecified atom stereocenters. The second kappa shape index (κ2) is 67.1. The Morgan fingerprint density at radius 3 is 0.775 bits per heavy atom. The van der Waals surface area contributed by atoms with Gasteiger partial charge in [0.1, 0.15) is 13.2 Å². The van der Waals surface area contributed by atoms with Gasteiger partial charge in [-0.05, 0) is 141 Å². The Hall–Kier alpha value is -4.45. The maximum absolute atomic E-state index is 12.9. The topological polar surface area (TPSA) is 78.9 Å². The monoisotopic (exact) mass is 1110 g/mol. The molecule has 0 aliphatic heterocycles. The molecule has 0 saturated heterocycles. The van der Waals surface area contributed by atoms with Crippen LogP contribution in [0.1, 0.15) is 297 Å². The first-order valence-corrected chi connectivity index (χ1v) is 33.2. The molecule has 0 heterocycles. The van der Waals surface area contributed by atoms with E-state index in [1.165, 1.54) is 116 Å². The third-order valence-electron chi connectivity index (χ3n) is 13.9. The average molecular weight is 1110 g/mol. The first-order chi connectivity index (χ1) is 39.5. The molecule has 0 aliphatic rings. The number of allylic oxidation sites excluding steroid dienone is 22. The predicted octanol–water partition coefficient (Wildman–Crippen LogP) is 22.9. The summed E-state index contributed by atoms with van der Waals surface area (Å²) in [6.07, 6.45) is 94.6. The van der Waals surface area contributed by atoms with Crippen molar-refractivity contribution in [2.24, 2.45) is 0 Å². The third kappa shape index (κ3) is 64.4. The molecule has 0 aliphatic carbocycles. The van der Waals surface area contributed by atoms with Crippen LogP contribution in [0.15, 0.2) is 134 Å². The van der Waals surface area contributed by atoms with E-state index in [4.69, 9.17) is 14.2 Å². The van der Waals surface area contributed by atoms with Crippen LogP contribution in [0.25, 0.3) is 0 Å². The maximum Gasteiger partial charge on any atom is 0.306 e. The van der Waals surface area contributed by atoms with Crippen molar-refractivity contribution in [3.05, 3.63) is 134 Å². The summed E-state index contributed by atoms with van der Waals surface area (Å²) in [6.45, 7) is 6.46. The summed E-state index contributed by atoms with van der Waals surface area (Å²) in [6, 6.07) is 0. The Balaban J connectivity index is 4.31. The highest BCUT2D eigenvalue weighted by Crippen LogP contribution is 2.15. The minimum atomic E-state index is -0.796. The van der Waals surface area contributed by atoms with Crippen LogP contribution in [0.5, 0.6) is 0 Å². The van der Waals surface area contributed by atoms with Crippen LogP contribution >= 0.6 is 0 Å². The van der Waals surface area contributed by atoms with Gasteiger partial charge in [-0.25, -0.2) is 0 Å². The fourth-order valence-corrected chi connectivity index (χ4v) is 8.89. The van der Waals surface area contributed by atoms with Crippen LogP contribution in [0.4, 0.5) is 0 Å². The number of rotatable bonds is 59. The van der Waals surface area contributed by atoms with E-state index < -0.39 is 6.10 Å². The molecule has 0 spiro atoms. The summed E-state index contributed by atoms with van der Waals surface area (Å²) in [5.74, 6) is -0.916. The van der Waals surface area contributed by atoms with Gasteiger partial charge in [0.05, 0.1) is 0 Å². The smallest absolute Gasteiger partial charge is 0.306 e. The molecular formula is C74H122O6. The van der Waals surface area contributed by atoms with Crippen LogP contribution in [-0.4, -0.2) is 37.2 Å². The van der Waals surface area contributed by atoms with Crippen LogP contribution in [0, 0.1) is 0 Å². The molecule has 6 nitrogen and oxygen atoms in total. The zero-order valence-electron chi connectivity index (χ0n) is 52.0. The number of esters is 3. The Morgan fingerprint density at radius 1 is 0.263 bits per heavy atom. The predicted molar refractivity (Wildman–Crippen MR) is 348 cm³/mol. The zero-order valence-corrected chi connectivity index (χ0v) is 52.0. The van der Waals surface area contributed by atoms with E-state index in [9.17, 15) is 14.4 Å². The van der Waals surface area contributed by atoms with Gasteiger partial charge in [-0.3, -0.25) is 14.4 Å². The number of carbonyl (C=O) groups is 3. The van der Waals surface area contributed by atoms with Gasteiger partial charge in [0.2, 0.25) is 0 Å². The van der Waals surface area contributed by atoms with Crippen molar-refractivity contribution in [2.75, 3.05) is 13.2 Å². The first-order valence-electron chi connectivity index (χ1n) is 33.2. The summed E-state index contributed by atoms with van der Waals surface area (Å²) in [5.41, 5.74) is 0. The van der Waals surface area contributed by atoms with E-state index in [2.05, 4.69) is 154 Å². The number of ether oxygens (including phenoxy) is 3. The van der Waals surface area contributed by atoms with E-state index in [1.54, 1.807) is 0 Å². The van der Waals surface area contributed by atoms with Crippen molar-refractivity contribution < 1.29 is 28.6 Å². The fourth-order valence-electron chi connectivity index (χ4n) is 8.89. The van der Waals surface area contributed by atoms with Crippen molar-refractivity contribution in [3.8, 4) is 0 Å². The molecule has 0 radical (unpaired) electrons. The first kappa shape index (κ1) is 75.5. The van der Waals surface area contributed by atoms with Crippen molar-refractivity contribution in [1.82, 2.24) is 0 Å². The molecule has 0 fully saturated rings. The second-order valence-electron chi connectivity index (χ2n) is 21.6. The third-order valence-corrected chi connectivity index (χ3v) is 13.9. The summed E-state index contributed by atoms with van der Waals surface area (Å²) >= 11 is 0. The summed E-state index contributed by atoms with van der Waals surface area (Å²) in [7, 11) is 0. The van der Waals surface area contributed by atoms with Gasteiger partial charge in [0.15, 0.2) is 6.10 Å². The lowest BCUT2D eigenvalue weighted by Crippen LogP contribution is -2.30. The Labute approximate surface area is 494 Å². The van der Waals surface area contributed by atoms with Crippen LogP contribution in [-0.2, 0) is 28.6 Å². The highest BCUT2D eigenvalue weighted by atomic mass is 16.6. The number of unbranched alkanes of at least 4 members (excludes halogenated alkanes) is 26. The quantitative estimate of drug-likeness (QED) is 0.0261. The fraction of sp³-hybridized carbons (Fsp3) is 0.662. The van der Waals surface area contributed by atoms with E-state index in [1.807, 2.05) is 0 Å². The number of hydrogen-bond donors (Lipinski definition) is 0. The molecule has 80 heavy (non-hydrogen) atoms. The lowest BCUT2D eigenvalue weighted by atomic mass is 10.1. The van der Waals surface area contributed by atoms with Gasteiger partial charge in [0.25, 0.3) is 0 Å². The minimum absolute atomic E-state index is 0.0918. The lowest BCUT2D eigenvalue weighted by molar-refractivity contribution is -0.167. The molecule has 454 valence electrons. The molecular weight excluding hydrogens is 985 g/mol. The summed E-state index contributed by atoms with van der Waals surface area (Å²) < 4.78 is 16.9. The van der Waals surface area contributed by atoms with Crippen LogP contribution < -0.4 is 0 Å². The normalized spacial score (nSPS) is 13.0. The van der Waals surface area contributed by atoms with Crippen molar-refractivity contribution in [1.29, 1.82) is 0 Å². The van der Waals surface area contributed by atoms with E-state index in [-0.39, 0.29) is 31.1 Å². The molecule has 1 atom stereocenters. The minimum Gasteiger partial charge on any atom is -0.462 e. The Kier molecular flexibility index (Phi) is 63.3. The SMILES string of the molecule is CC/C=C\C/C=C\C/C=C\C/C=C\C/C=C\C/C=C\C/C=C\CCCCCCCCCCCC(=O)OCC(COC(=O)CCCCCCC/C=C\CCCCC)OC(=O)CCCCCCCC/C=C\C/C=C\C/C=C\CCCCC. The lowest BCUT2D eigenvalue weighted by Gasteiger charge is -2.18. The van der Waals surface area contributed by atoms with Gasteiger partial charge in [-0.1, -0.05) is 270 Å². The highest BCUT2D eigenvalue weighted by molar-refractivity contribution is 5.71. The number of carbonyl (C=O) groups excluding carboxylic acids is 3. The summed E-state index contributed by atoms with van der Waals surface area (Å²) in [5, 5.41) is 0. The van der Waals surface area contributed by atoms with Crippen LogP contribution in [0.3, 0.4) is 0 Å². The number of hydrogen-bond acceptors (Lipinski definition) is 6. The average Bonchev–Trinajstić information content (AvgIpc) is 3.46.